The van der Waals surface area contributed by atoms with Crippen LogP contribution in [0.1, 0.15) is 27.2 Å². The Morgan fingerprint density at radius 2 is 2.00 bits per heavy atom. The zero-order valence-electron chi connectivity index (χ0n) is 5.81. The molecule has 0 heterocycles. The molecule has 0 N–H and O–H groups in total. The molecule has 2 atom stereocenters. The minimum atomic E-state index is 0.602. The number of hydrogen-bond acceptors (Lipinski definition) is 1. The Kier molecular flexibility index (Phi) is 1.34. The summed E-state index contributed by atoms with van der Waals surface area (Å²) >= 11 is 4.37. The summed E-state index contributed by atoms with van der Waals surface area (Å²) in [5, 5.41) is 0.602. The van der Waals surface area contributed by atoms with Gasteiger partial charge in [-0.05, 0) is 17.8 Å². The van der Waals surface area contributed by atoms with Gasteiger partial charge in [-0.3, -0.25) is 0 Å². The van der Waals surface area contributed by atoms with Crippen LogP contribution in [0.4, 0.5) is 0 Å². The van der Waals surface area contributed by atoms with Crippen molar-refractivity contribution in [2.45, 2.75) is 32.4 Å². The fourth-order valence-electron chi connectivity index (χ4n) is 1.33. The summed E-state index contributed by atoms with van der Waals surface area (Å²) in [7, 11) is 0. The summed E-state index contributed by atoms with van der Waals surface area (Å²) in [6.07, 6.45) is 1.37. The fraction of sp³-hybridized carbons (Fsp3) is 1.00. The maximum atomic E-state index is 4.37. The quantitative estimate of drug-likeness (QED) is 0.517. The molecule has 0 amide bonds. The molecule has 0 aromatic heterocycles. The van der Waals surface area contributed by atoms with Crippen molar-refractivity contribution in [1.29, 1.82) is 0 Å². The van der Waals surface area contributed by atoms with Crippen molar-refractivity contribution >= 4 is 12.6 Å². The van der Waals surface area contributed by atoms with Gasteiger partial charge < -0.3 is 0 Å². The lowest BCUT2D eigenvalue weighted by Crippen LogP contribution is -2.00. The predicted octanol–water partition coefficient (Wildman–Crippen LogP) is 2.35. The maximum absolute atomic E-state index is 4.37. The van der Waals surface area contributed by atoms with Crippen LogP contribution in [0.5, 0.6) is 0 Å². The van der Waals surface area contributed by atoms with Crippen LogP contribution in [0.15, 0.2) is 0 Å². The summed E-state index contributed by atoms with van der Waals surface area (Å²) < 4.78 is 0. The van der Waals surface area contributed by atoms with E-state index < -0.39 is 0 Å². The molecule has 0 aliphatic heterocycles. The summed E-state index contributed by atoms with van der Waals surface area (Å²) in [6.45, 7) is 6.80. The summed E-state index contributed by atoms with van der Waals surface area (Å²) in [6, 6.07) is 0. The molecule has 0 aromatic carbocycles. The van der Waals surface area contributed by atoms with Crippen molar-refractivity contribution in [1.82, 2.24) is 0 Å². The largest absolute Gasteiger partial charge is 0.176 e. The first kappa shape index (κ1) is 6.47. The second-order valence-corrected chi connectivity index (χ2v) is 4.35. The van der Waals surface area contributed by atoms with Gasteiger partial charge >= 0.3 is 0 Å². The average Bonchev–Trinajstić information content (AvgIpc) is 2.13. The van der Waals surface area contributed by atoms with Gasteiger partial charge in [0.1, 0.15) is 0 Å². The predicted molar refractivity (Wildman–Crippen MR) is 40.3 cm³/mol. The van der Waals surface area contributed by atoms with Gasteiger partial charge in [0.2, 0.25) is 0 Å². The van der Waals surface area contributed by atoms with E-state index in [-0.39, 0.29) is 0 Å². The Bertz CT molecular complexity index is 94.6. The molecule has 0 spiro atoms. The fourth-order valence-corrected chi connectivity index (χ4v) is 1.84. The Labute approximate surface area is 57.1 Å². The molecule has 2 unspecified atom stereocenters. The van der Waals surface area contributed by atoms with E-state index in [9.17, 15) is 0 Å². The van der Waals surface area contributed by atoms with Gasteiger partial charge in [0, 0.05) is 5.25 Å². The summed E-state index contributed by atoms with van der Waals surface area (Å²) in [4.78, 5) is 0. The molecule has 0 saturated heterocycles. The molecular weight excluding hydrogens is 116 g/mol. The van der Waals surface area contributed by atoms with Crippen molar-refractivity contribution in [3.8, 4) is 0 Å². The van der Waals surface area contributed by atoms with Gasteiger partial charge in [0.05, 0.1) is 0 Å². The smallest absolute Gasteiger partial charge is 0.00220 e. The van der Waals surface area contributed by atoms with Crippen LogP contribution in [0.2, 0.25) is 0 Å². The second-order valence-electron chi connectivity index (χ2n) is 3.54. The minimum absolute atomic E-state index is 0.602. The first-order chi connectivity index (χ1) is 3.54. The van der Waals surface area contributed by atoms with E-state index in [4.69, 9.17) is 0 Å². The van der Waals surface area contributed by atoms with Crippen molar-refractivity contribution in [3.05, 3.63) is 0 Å². The molecule has 1 aliphatic carbocycles. The van der Waals surface area contributed by atoms with Crippen LogP contribution in [0.3, 0.4) is 0 Å². The van der Waals surface area contributed by atoms with Crippen LogP contribution in [-0.4, -0.2) is 5.25 Å². The van der Waals surface area contributed by atoms with Crippen LogP contribution < -0.4 is 0 Å². The number of thiol groups is 1. The van der Waals surface area contributed by atoms with E-state index in [0.717, 1.165) is 5.92 Å². The van der Waals surface area contributed by atoms with E-state index in [1.54, 1.807) is 0 Å². The molecular formula is C7H14S. The Hall–Kier alpha value is 0.350. The molecule has 8 heavy (non-hydrogen) atoms. The van der Waals surface area contributed by atoms with Gasteiger partial charge in [-0.25, -0.2) is 0 Å². The van der Waals surface area contributed by atoms with Crippen molar-refractivity contribution in [3.63, 3.8) is 0 Å². The molecule has 1 aliphatic rings. The van der Waals surface area contributed by atoms with Crippen molar-refractivity contribution < 1.29 is 0 Å². The highest BCUT2D eigenvalue weighted by molar-refractivity contribution is 7.80. The molecule has 0 bridgehead atoms. The lowest BCUT2D eigenvalue weighted by atomic mass is 10.1. The van der Waals surface area contributed by atoms with Crippen LogP contribution >= 0.6 is 12.6 Å². The van der Waals surface area contributed by atoms with Crippen molar-refractivity contribution in [2.75, 3.05) is 0 Å². The zero-order valence-corrected chi connectivity index (χ0v) is 6.70. The molecule has 1 saturated carbocycles. The maximum Gasteiger partial charge on any atom is 0.00220 e. The Balaban J connectivity index is 2.37. The van der Waals surface area contributed by atoms with Gasteiger partial charge in [0.15, 0.2) is 0 Å². The van der Waals surface area contributed by atoms with Gasteiger partial charge in [-0.15, -0.1) is 0 Å². The van der Waals surface area contributed by atoms with E-state index >= 15 is 0 Å². The highest BCUT2D eigenvalue weighted by Gasteiger charge is 2.47. The molecule has 1 fully saturated rings. The monoisotopic (exact) mass is 130 g/mol. The van der Waals surface area contributed by atoms with Gasteiger partial charge in [-0.2, -0.15) is 12.6 Å². The number of rotatable bonds is 1. The highest BCUT2D eigenvalue weighted by atomic mass is 32.1. The summed E-state index contributed by atoms with van der Waals surface area (Å²) in [5.41, 5.74) is 0.612. The van der Waals surface area contributed by atoms with Crippen LogP contribution in [-0.2, 0) is 0 Å². The van der Waals surface area contributed by atoms with Crippen molar-refractivity contribution in [2.24, 2.45) is 11.3 Å². The normalized spacial score (nSPS) is 36.8. The van der Waals surface area contributed by atoms with E-state index in [1.807, 2.05) is 0 Å². The van der Waals surface area contributed by atoms with Crippen LogP contribution in [0, 0.1) is 11.3 Å². The van der Waals surface area contributed by atoms with Crippen LogP contribution in [0.25, 0.3) is 0 Å². The molecule has 48 valence electrons. The molecule has 0 radical (unpaired) electrons. The second kappa shape index (κ2) is 1.66. The van der Waals surface area contributed by atoms with Gasteiger partial charge in [0.25, 0.3) is 0 Å². The third kappa shape index (κ3) is 1.02. The van der Waals surface area contributed by atoms with E-state index in [1.165, 1.54) is 6.42 Å². The third-order valence-electron chi connectivity index (χ3n) is 2.17. The first-order valence-electron chi connectivity index (χ1n) is 3.22. The third-order valence-corrected chi connectivity index (χ3v) is 2.53. The Morgan fingerprint density at radius 1 is 1.62 bits per heavy atom. The minimum Gasteiger partial charge on any atom is -0.176 e. The highest BCUT2D eigenvalue weighted by Crippen LogP contribution is 2.54. The molecule has 0 nitrogen and oxygen atoms in total. The first-order valence-corrected chi connectivity index (χ1v) is 3.74. The molecule has 1 rings (SSSR count). The SMILES string of the molecule is CC(S)C1CC1(C)C. The number of hydrogen-bond donors (Lipinski definition) is 1. The van der Waals surface area contributed by atoms with E-state index in [0.29, 0.717) is 10.7 Å². The van der Waals surface area contributed by atoms with E-state index in [2.05, 4.69) is 33.4 Å². The van der Waals surface area contributed by atoms with Gasteiger partial charge in [-0.1, -0.05) is 20.8 Å². The topological polar surface area (TPSA) is 0 Å². The lowest BCUT2D eigenvalue weighted by molar-refractivity contribution is 0.557. The average molecular weight is 130 g/mol. The summed E-state index contributed by atoms with van der Waals surface area (Å²) in [5.74, 6) is 0.880. The molecule has 0 aromatic rings. The zero-order chi connectivity index (χ0) is 6.36. The standard InChI is InChI=1S/C7H14S/c1-5(8)6-4-7(6,2)3/h5-6,8H,4H2,1-3H3. The lowest BCUT2D eigenvalue weighted by Gasteiger charge is -2.03. The molecule has 1 heteroatoms. The Morgan fingerprint density at radius 3 is 2.00 bits per heavy atom.